The Hall–Kier alpha value is -0.830. The predicted molar refractivity (Wildman–Crippen MR) is 76.9 cm³/mol. The SMILES string of the molecule is CCCCCSc1cccc(OCCC)c1N. The van der Waals surface area contributed by atoms with E-state index in [-0.39, 0.29) is 0 Å². The number of para-hydroxylation sites is 1. The standard InChI is InChI=1S/C14H23NOS/c1-3-5-6-11-17-13-9-7-8-12(14(13)15)16-10-4-2/h7-9H,3-6,10-11,15H2,1-2H3. The highest BCUT2D eigenvalue weighted by molar-refractivity contribution is 7.99. The molecule has 0 unspecified atom stereocenters. The molecule has 1 rings (SSSR count). The second kappa shape index (κ2) is 8.29. The fourth-order valence-corrected chi connectivity index (χ4v) is 2.52. The van der Waals surface area contributed by atoms with Gasteiger partial charge in [0, 0.05) is 4.90 Å². The van der Waals surface area contributed by atoms with Crippen LogP contribution < -0.4 is 10.5 Å². The average molecular weight is 253 g/mol. The molecule has 2 nitrogen and oxygen atoms in total. The van der Waals surface area contributed by atoms with E-state index in [9.17, 15) is 0 Å². The molecule has 0 atom stereocenters. The van der Waals surface area contributed by atoms with Crippen molar-refractivity contribution in [3.05, 3.63) is 18.2 Å². The Morgan fingerprint density at radius 3 is 2.71 bits per heavy atom. The molecule has 0 spiro atoms. The first-order valence-electron chi connectivity index (χ1n) is 6.43. The molecule has 3 heteroatoms. The van der Waals surface area contributed by atoms with Crippen LogP contribution in [0, 0.1) is 0 Å². The number of thioether (sulfide) groups is 1. The second-order valence-electron chi connectivity index (χ2n) is 4.07. The highest BCUT2D eigenvalue weighted by Crippen LogP contribution is 2.33. The van der Waals surface area contributed by atoms with E-state index in [1.165, 1.54) is 19.3 Å². The van der Waals surface area contributed by atoms with E-state index in [0.29, 0.717) is 0 Å². The molecule has 0 radical (unpaired) electrons. The fraction of sp³-hybridized carbons (Fsp3) is 0.571. The number of hydrogen-bond donors (Lipinski definition) is 1. The molecular formula is C14H23NOS. The van der Waals surface area contributed by atoms with Crippen LogP contribution in [0.1, 0.15) is 39.5 Å². The van der Waals surface area contributed by atoms with Crippen molar-refractivity contribution in [3.8, 4) is 5.75 Å². The summed E-state index contributed by atoms with van der Waals surface area (Å²) in [4.78, 5) is 1.15. The van der Waals surface area contributed by atoms with E-state index in [1.807, 2.05) is 23.9 Å². The lowest BCUT2D eigenvalue weighted by molar-refractivity contribution is 0.318. The quantitative estimate of drug-likeness (QED) is 0.425. The van der Waals surface area contributed by atoms with Crippen LogP contribution in [0.5, 0.6) is 5.75 Å². The monoisotopic (exact) mass is 253 g/mol. The topological polar surface area (TPSA) is 35.2 Å². The summed E-state index contributed by atoms with van der Waals surface area (Å²) in [6.45, 7) is 5.05. The van der Waals surface area contributed by atoms with Gasteiger partial charge < -0.3 is 10.5 Å². The van der Waals surface area contributed by atoms with Gasteiger partial charge in [-0.2, -0.15) is 0 Å². The summed E-state index contributed by atoms with van der Waals surface area (Å²) in [6.07, 6.45) is 4.81. The molecule has 17 heavy (non-hydrogen) atoms. The lowest BCUT2D eigenvalue weighted by Gasteiger charge is -2.11. The molecule has 2 N–H and O–H groups in total. The summed E-state index contributed by atoms with van der Waals surface area (Å²) in [5.41, 5.74) is 6.89. The zero-order chi connectivity index (χ0) is 12.5. The van der Waals surface area contributed by atoms with E-state index < -0.39 is 0 Å². The second-order valence-corrected chi connectivity index (χ2v) is 5.21. The third-order valence-electron chi connectivity index (χ3n) is 2.49. The van der Waals surface area contributed by atoms with Crippen LogP contribution in [-0.2, 0) is 0 Å². The van der Waals surface area contributed by atoms with Crippen molar-refractivity contribution in [1.82, 2.24) is 0 Å². The van der Waals surface area contributed by atoms with Crippen LogP contribution >= 0.6 is 11.8 Å². The van der Waals surface area contributed by atoms with Gasteiger partial charge in [-0.3, -0.25) is 0 Å². The lowest BCUT2D eigenvalue weighted by atomic mass is 10.3. The maximum Gasteiger partial charge on any atom is 0.143 e. The largest absolute Gasteiger partial charge is 0.491 e. The molecule has 0 bridgehead atoms. The highest BCUT2D eigenvalue weighted by atomic mass is 32.2. The van der Waals surface area contributed by atoms with Crippen molar-refractivity contribution >= 4 is 17.4 Å². The van der Waals surface area contributed by atoms with E-state index in [4.69, 9.17) is 10.5 Å². The van der Waals surface area contributed by atoms with Crippen LogP contribution in [0.15, 0.2) is 23.1 Å². The van der Waals surface area contributed by atoms with Crippen LogP contribution in [0.3, 0.4) is 0 Å². The van der Waals surface area contributed by atoms with Crippen LogP contribution in [0.25, 0.3) is 0 Å². The van der Waals surface area contributed by atoms with Gasteiger partial charge >= 0.3 is 0 Å². The van der Waals surface area contributed by atoms with Crippen molar-refractivity contribution in [2.75, 3.05) is 18.1 Å². The van der Waals surface area contributed by atoms with Gasteiger partial charge in [-0.1, -0.05) is 32.8 Å². The lowest BCUT2D eigenvalue weighted by Crippen LogP contribution is -2.00. The molecule has 0 aliphatic carbocycles. The summed E-state index contributed by atoms with van der Waals surface area (Å²) < 4.78 is 5.62. The minimum Gasteiger partial charge on any atom is -0.491 e. The van der Waals surface area contributed by atoms with E-state index >= 15 is 0 Å². The van der Waals surface area contributed by atoms with Gasteiger partial charge in [0.1, 0.15) is 5.75 Å². The van der Waals surface area contributed by atoms with Crippen molar-refractivity contribution in [2.24, 2.45) is 0 Å². The number of benzene rings is 1. The molecule has 0 aromatic heterocycles. The first kappa shape index (κ1) is 14.2. The molecule has 0 heterocycles. The van der Waals surface area contributed by atoms with Gasteiger partial charge in [0.2, 0.25) is 0 Å². The summed E-state index contributed by atoms with van der Waals surface area (Å²) >= 11 is 1.83. The maximum atomic E-state index is 6.09. The van der Waals surface area contributed by atoms with Crippen LogP contribution in [0.4, 0.5) is 5.69 Å². The number of rotatable bonds is 8. The van der Waals surface area contributed by atoms with Gasteiger partial charge in [0.05, 0.1) is 12.3 Å². The number of unbranched alkanes of at least 4 members (excludes halogenated alkanes) is 2. The zero-order valence-corrected chi connectivity index (χ0v) is 11.7. The summed E-state index contributed by atoms with van der Waals surface area (Å²) in [5.74, 6) is 1.96. The van der Waals surface area contributed by atoms with E-state index in [2.05, 4.69) is 19.9 Å². The minimum absolute atomic E-state index is 0.730. The Balaban J connectivity index is 2.53. The van der Waals surface area contributed by atoms with Gasteiger partial charge in [-0.25, -0.2) is 0 Å². The Labute approximate surface area is 109 Å². The third kappa shape index (κ3) is 4.90. The zero-order valence-electron chi connectivity index (χ0n) is 10.9. The summed E-state index contributed by atoms with van der Waals surface area (Å²) in [6, 6.07) is 6.04. The minimum atomic E-state index is 0.730. The van der Waals surface area contributed by atoms with E-state index in [1.54, 1.807) is 0 Å². The van der Waals surface area contributed by atoms with Crippen LogP contribution in [-0.4, -0.2) is 12.4 Å². The van der Waals surface area contributed by atoms with Gasteiger partial charge in [0.15, 0.2) is 0 Å². The Kier molecular flexibility index (Phi) is 6.94. The Morgan fingerprint density at radius 1 is 1.18 bits per heavy atom. The number of anilines is 1. The van der Waals surface area contributed by atoms with Crippen molar-refractivity contribution in [2.45, 2.75) is 44.4 Å². The highest BCUT2D eigenvalue weighted by Gasteiger charge is 2.05. The van der Waals surface area contributed by atoms with E-state index in [0.717, 1.165) is 35.1 Å². The fourth-order valence-electron chi connectivity index (χ4n) is 1.52. The van der Waals surface area contributed by atoms with Crippen LogP contribution in [0.2, 0.25) is 0 Å². The summed E-state index contributed by atoms with van der Waals surface area (Å²) in [5, 5.41) is 0. The molecule has 1 aromatic carbocycles. The number of ether oxygens (including phenoxy) is 1. The Bertz CT molecular complexity index is 328. The number of nitrogens with two attached hydrogens (primary N) is 1. The first-order valence-corrected chi connectivity index (χ1v) is 7.42. The molecule has 1 aromatic rings. The third-order valence-corrected chi connectivity index (χ3v) is 3.65. The number of nitrogen functional groups attached to an aromatic ring is 1. The maximum absolute atomic E-state index is 6.09. The average Bonchev–Trinajstić information content (AvgIpc) is 2.35. The smallest absolute Gasteiger partial charge is 0.143 e. The molecule has 0 amide bonds. The van der Waals surface area contributed by atoms with Gasteiger partial charge in [-0.15, -0.1) is 11.8 Å². The van der Waals surface area contributed by atoms with Crippen molar-refractivity contribution in [1.29, 1.82) is 0 Å². The molecule has 0 saturated heterocycles. The normalized spacial score (nSPS) is 10.5. The van der Waals surface area contributed by atoms with Gasteiger partial charge in [-0.05, 0) is 30.7 Å². The number of hydrogen-bond acceptors (Lipinski definition) is 3. The molecule has 0 aliphatic heterocycles. The molecular weight excluding hydrogens is 230 g/mol. The summed E-state index contributed by atoms with van der Waals surface area (Å²) in [7, 11) is 0. The van der Waals surface area contributed by atoms with Gasteiger partial charge in [0.25, 0.3) is 0 Å². The van der Waals surface area contributed by atoms with Crippen molar-refractivity contribution in [3.63, 3.8) is 0 Å². The molecule has 96 valence electrons. The van der Waals surface area contributed by atoms with Crippen molar-refractivity contribution < 1.29 is 4.74 Å². The molecule has 0 saturated carbocycles. The Morgan fingerprint density at radius 2 is 2.00 bits per heavy atom. The first-order chi connectivity index (χ1) is 8.29. The molecule has 0 aliphatic rings. The predicted octanol–water partition coefficient (Wildman–Crippen LogP) is 4.34. The molecule has 0 fully saturated rings.